The van der Waals surface area contributed by atoms with Crippen LogP contribution in [0.3, 0.4) is 0 Å². The van der Waals surface area contributed by atoms with Crippen molar-refractivity contribution in [3.05, 3.63) is 71.5 Å². The van der Waals surface area contributed by atoms with Gasteiger partial charge in [-0.25, -0.2) is 0 Å². The Balaban J connectivity index is 1.86. The van der Waals surface area contributed by atoms with Crippen molar-refractivity contribution < 1.29 is 14.3 Å². The summed E-state index contributed by atoms with van der Waals surface area (Å²) in [4.78, 5) is 23.9. The highest BCUT2D eigenvalue weighted by molar-refractivity contribution is 6.05. The maximum Gasteiger partial charge on any atom is 0.257 e. The van der Waals surface area contributed by atoms with Crippen molar-refractivity contribution in [1.29, 1.82) is 0 Å². The third-order valence-electron chi connectivity index (χ3n) is 4.46. The number of para-hydroxylation sites is 2. The number of rotatable bonds is 5. The Hall–Kier alpha value is -3.54. The van der Waals surface area contributed by atoms with Crippen molar-refractivity contribution in [3.8, 4) is 11.4 Å². The largest absolute Gasteiger partial charge is 0.495 e. The number of carbonyl (C=O) groups is 2. The van der Waals surface area contributed by atoms with Crippen LogP contribution in [-0.2, 0) is 4.79 Å². The molecule has 28 heavy (non-hydrogen) atoms. The summed E-state index contributed by atoms with van der Waals surface area (Å²) in [6.45, 7) is 5.32. The minimum Gasteiger partial charge on any atom is -0.495 e. The highest BCUT2D eigenvalue weighted by atomic mass is 16.5. The van der Waals surface area contributed by atoms with Crippen LogP contribution in [0, 0.1) is 13.8 Å². The van der Waals surface area contributed by atoms with Crippen LogP contribution in [-0.4, -0.2) is 23.5 Å². The van der Waals surface area contributed by atoms with Crippen LogP contribution in [0.15, 0.2) is 54.6 Å². The zero-order valence-corrected chi connectivity index (χ0v) is 16.4. The van der Waals surface area contributed by atoms with E-state index in [0.717, 1.165) is 22.8 Å². The molecule has 0 unspecified atom stereocenters. The van der Waals surface area contributed by atoms with Gasteiger partial charge in [0.25, 0.3) is 5.91 Å². The molecule has 0 spiro atoms. The first kappa shape index (κ1) is 19.2. The van der Waals surface area contributed by atoms with Gasteiger partial charge in [-0.3, -0.25) is 9.59 Å². The number of nitrogens with zero attached hydrogens (tertiary/aromatic N) is 1. The van der Waals surface area contributed by atoms with Gasteiger partial charge in [-0.1, -0.05) is 12.1 Å². The highest BCUT2D eigenvalue weighted by Crippen LogP contribution is 2.28. The van der Waals surface area contributed by atoms with E-state index < -0.39 is 0 Å². The summed E-state index contributed by atoms with van der Waals surface area (Å²) in [6, 6.07) is 16.6. The standard InChI is InChI=1S/C22H23N3O3/c1-14-13-19(15(2)25(14)20-7-5-6-8-21(20)28-4)22(27)24-18-11-9-17(10-12-18)23-16(3)26/h5-13H,1-4H3,(H,23,26)(H,24,27). The molecule has 6 heteroatoms. The number of ether oxygens (including phenoxy) is 1. The van der Waals surface area contributed by atoms with Crippen LogP contribution in [0.5, 0.6) is 5.75 Å². The van der Waals surface area contributed by atoms with Crippen molar-refractivity contribution in [2.24, 2.45) is 0 Å². The predicted octanol–water partition coefficient (Wildman–Crippen LogP) is 4.31. The van der Waals surface area contributed by atoms with E-state index in [1.54, 1.807) is 31.4 Å². The van der Waals surface area contributed by atoms with Crippen molar-refractivity contribution >= 4 is 23.2 Å². The lowest BCUT2D eigenvalue weighted by atomic mass is 10.2. The molecule has 0 radical (unpaired) electrons. The number of nitrogens with one attached hydrogen (secondary N) is 2. The van der Waals surface area contributed by atoms with Crippen LogP contribution < -0.4 is 15.4 Å². The molecule has 0 bridgehead atoms. The summed E-state index contributed by atoms with van der Waals surface area (Å²) in [5.74, 6) is 0.409. The van der Waals surface area contributed by atoms with Gasteiger partial charge in [0.1, 0.15) is 5.75 Å². The molecule has 0 saturated heterocycles. The Morgan fingerprint density at radius 2 is 1.54 bits per heavy atom. The summed E-state index contributed by atoms with van der Waals surface area (Å²) >= 11 is 0. The number of aromatic nitrogens is 1. The van der Waals surface area contributed by atoms with Crippen molar-refractivity contribution in [3.63, 3.8) is 0 Å². The normalized spacial score (nSPS) is 10.4. The maximum absolute atomic E-state index is 12.8. The fourth-order valence-electron chi connectivity index (χ4n) is 3.22. The number of methoxy groups -OCH3 is 1. The van der Waals surface area contributed by atoms with Crippen LogP contribution in [0.2, 0.25) is 0 Å². The van der Waals surface area contributed by atoms with Crippen LogP contribution in [0.4, 0.5) is 11.4 Å². The monoisotopic (exact) mass is 377 g/mol. The summed E-state index contributed by atoms with van der Waals surface area (Å²) in [6.07, 6.45) is 0. The van der Waals surface area contributed by atoms with E-state index in [0.29, 0.717) is 16.9 Å². The maximum atomic E-state index is 12.8. The van der Waals surface area contributed by atoms with Gasteiger partial charge in [-0.15, -0.1) is 0 Å². The molecule has 0 atom stereocenters. The van der Waals surface area contributed by atoms with Crippen molar-refractivity contribution in [1.82, 2.24) is 4.57 Å². The molecule has 6 nitrogen and oxygen atoms in total. The molecule has 0 aliphatic carbocycles. The zero-order chi connectivity index (χ0) is 20.3. The number of anilines is 2. The van der Waals surface area contributed by atoms with E-state index in [4.69, 9.17) is 4.74 Å². The second kappa shape index (κ2) is 8.00. The first-order chi connectivity index (χ1) is 13.4. The van der Waals surface area contributed by atoms with Gasteiger partial charge in [0, 0.05) is 29.7 Å². The van der Waals surface area contributed by atoms with Crippen LogP contribution >= 0.6 is 0 Å². The van der Waals surface area contributed by atoms with Gasteiger partial charge in [-0.2, -0.15) is 0 Å². The lowest BCUT2D eigenvalue weighted by Crippen LogP contribution is -2.13. The second-order valence-electron chi connectivity index (χ2n) is 6.50. The summed E-state index contributed by atoms with van der Waals surface area (Å²) < 4.78 is 7.47. The molecule has 3 aromatic rings. The molecule has 2 N–H and O–H groups in total. The van der Waals surface area contributed by atoms with E-state index in [9.17, 15) is 9.59 Å². The quantitative estimate of drug-likeness (QED) is 0.696. The summed E-state index contributed by atoms with van der Waals surface area (Å²) in [5, 5.41) is 5.60. The second-order valence-corrected chi connectivity index (χ2v) is 6.50. The average Bonchev–Trinajstić information content (AvgIpc) is 2.97. The lowest BCUT2D eigenvalue weighted by Gasteiger charge is -2.14. The molecule has 3 rings (SSSR count). The molecular weight excluding hydrogens is 354 g/mol. The van der Waals surface area contributed by atoms with E-state index >= 15 is 0 Å². The zero-order valence-electron chi connectivity index (χ0n) is 16.4. The van der Waals surface area contributed by atoms with E-state index in [2.05, 4.69) is 10.6 Å². The third kappa shape index (κ3) is 3.91. The van der Waals surface area contributed by atoms with Gasteiger partial charge >= 0.3 is 0 Å². The number of amides is 2. The first-order valence-corrected chi connectivity index (χ1v) is 8.92. The Morgan fingerprint density at radius 3 is 2.14 bits per heavy atom. The third-order valence-corrected chi connectivity index (χ3v) is 4.46. The fraction of sp³-hybridized carbons (Fsp3) is 0.182. The highest BCUT2D eigenvalue weighted by Gasteiger charge is 2.18. The van der Waals surface area contributed by atoms with Crippen molar-refractivity contribution in [2.45, 2.75) is 20.8 Å². The molecule has 0 saturated carbocycles. The van der Waals surface area contributed by atoms with Crippen LogP contribution in [0.1, 0.15) is 28.7 Å². The van der Waals surface area contributed by atoms with Gasteiger partial charge < -0.3 is 19.9 Å². The molecule has 0 aliphatic rings. The average molecular weight is 377 g/mol. The number of carbonyl (C=O) groups excluding carboxylic acids is 2. The number of hydrogen-bond donors (Lipinski definition) is 2. The topological polar surface area (TPSA) is 72.4 Å². The molecule has 2 amide bonds. The Bertz CT molecular complexity index is 1020. The van der Waals surface area contributed by atoms with Gasteiger partial charge in [-0.05, 0) is 56.3 Å². The smallest absolute Gasteiger partial charge is 0.257 e. The van der Waals surface area contributed by atoms with Crippen LogP contribution in [0.25, 0.3) is 5.69 Å². The number of hydrogen-bond acceptors (Lipinski definition) is 3. The van der Waals surface area contributed by atoms with Crippen molar-refractivity contribution in [2.75, 3.05) is 17.7 Å². The van der Waals surface area contributed by atoms with Gasteiger partial charge in [0.2, 0.25) is 5.91 Å². The lowest BCUT2D eigenvalue weighted by molar-refractivity contribution is -0.114. The van der Waals surface area contributed by atoms with E-state index in [1.165, 1.54) is 6.92 Å². The number of aryl methyl sites for hydroxylation is 1. The minimum atomic E-state index is -0.193. The van der Waals surface area contributed by atoms with E-state index in [-0.39, 0.29) is 11.8 Å². The van der Waals surface area contributed by atoms with Gasteiger partial charge in [0.05, 0.1) is 18.4 Å². The molecule has 0 fully saturated rings. The predicted molar refractivity (Wildman–Crippen MR) is 110 cm³/mol. The summed E-state index contributed by atoms with van der Waals surface area (Å²) in [7, 11) is 1.63. The Morgan fingerprint density at radius 1 is 0.929 bits per heavy atom. The fourth-order valence-corrected chi connectivity index (χ4v) is 3.22. The number of benzene rings is 2. The molecular formula is C22H23N3O3. The SMILES string of the molecule is COc1ccccc1-n1c(C)cc(C(=O)Nc2ccc(NC(C)=O)cc2)c1C. The van der Waals surface area contributed by atoms with Gasteiger partial charge in [0.15, 0.2) is 0 Å². The Kier molecular flexibility index (Phi) is 5.49. The molecule has 1 heterocycles. The Labute approximate surface area is 164 Å². The molecule has 0 aliphatic heterocycles. The summed E-state index contributed by atoms with van der Waals surface area (Å²) in [5.41, 5.74) is 4.58. The minimum absolute atomic E-state index is 0.138. The molecule has 1 aromatic heterocycles. The first-order valence-electron chi connectivity index (χ1n) is 8.92. The molecule has 144 valence electrons. The van der Waals surface area contributed by atoms with E-state index in [1.807, 2.05) is 48.7 Å². The molecule has 2 aromatic carbocycles.